The van der Waals surface area contributed by atoms with Crippen LogP contribution in [0.2, 0.25) is 0 Å². The van der Waals surface area contributed by atoms with Gasteiger partial charge < -0.3 is 10.4 Å². The van der Waals surface area contributed by atoms with Gasteiger partial charge in [0.15, 0.2) is 0 Å². The Bertz CT molecular complexity index is 347. The number of hydrogen-bond acceptors (Lipinski definition) is 3. The lowest BCUT2D eigenvalue weighted by atomic mass is 9.96. The van der Waals surface area contributed by atoms with Crippen LogP contribution < -0.4 is 5.32 Å². The van der Waals surface area contributed by atoms with Crippen molar-refractivity contribution in [2.24, 2.45) is 5.92 Å². The van der Waals surface area contributed by atoms with E-state index >= 15 is 0 Å². The highest BCUT2D eigenvalue weighted by Gasteiger charge is 2.19. The predicted octanol–water partition coefficient (Wildman–Crippen LogP) is 2.76. The number of thiophene rings is 1. The molecule has 2 atom stereocenters. The minimum atomic E-state index is -0.445. The van der Waals surface area contributed by atoms with Gasteiger partial charge in [-0.25, -0.2) is 0 Å². The Morgan fingerprint density at radius 1 is 1.44 bits per heavy atom. The van der Waals surface area contributed by atoms with Crippen LogP contribution >= 0.6 is 11.3 Å². The predicted molar refractivity (Wildman–Crippen MR) is 75.8 cm³/mol. The molecule has 18 heavy (non-hydrogen) atoms. The summed E-state index contributed by atoms with van der Waals surface area (Å²) in [6.45, 7) is 6.37. The highest BCUT2D eigenvalue weighted by Crippen LogP contribution is 2.20. The van der Waals surface area contributed by atoms with Gasteiger partial charge in [-0.15, -0.1) is 11.3 Å². The van der Waals surface area contributed by atoms with Crippen molar-refractivity contribution in [2.75, 3.05) is 6.54 Å². The van der Waals surface area contributed by atoms with Crippen molar-refractivity contribution >= 4 is 17.2 Å². The normalized spacial score (nSPS) is 14.5. The van der Waals surface area contributed by atoms with E-state index < -0.39 is 6.10 Å². The molecule has 1 rings (SSSR count). The molecule has 1 aromatic heterocycles. The molecule has 1 aromatic rings. The Labute approximate surface area is 113 Å². The first-order chi connectivity index (χ1) is 8.60. The number of carbonyl (C=O) groups excluding carboxylic acids is 1. The highest BCUT2D eigenvalue weighted by atomic mass is 32.1. The molecule has 3 nitrogen and oxygen atoms in total. The summed E-state index contributed by atoms with van der Waals surface area (Å²) < 4.78 is 0. The quantitative estimate of drug-likeness (QED) is 0.799. The van der Waals surface area contributed by atoms with Crippen molar-refractivity contribution in [3.63, 3.8) is 0 Å². The Morgan fingerprint density at radius 3 is 2.61 bits per heavy atom. The molecule has 102 valence electrons. The first-order valence-electron chi connectivity index (χ1n) is 6.59. The minimum absolute atomic E-state index is 0.0116. The summed E-state index contributed by atoms with van der Waals surface area (Å²) >= 11 is 1.59. The summed E-state index contributed by atoms with van der Waals surface area (Å²) in [5, 5.41) is 14.8. The van der Waals surface area contributed by atoms with Crippen LogP contribution in [0.15, 0.2) is 17.5 Å². The summed E-state index contributed by atoms with van der Waals surface area (Å²) in [5.41, 5.74) is 0. The fraction of sp³-hybridized carbons (Fsp3) is 0.643. The van der Waals surface area contributed by atoms with Crippen LogP contribution in [0.25, 0.3) is 0 Å². The van der Waals surface area contributed by atoms with Crippen LogP contribution in [0.4, 0.5) is 0 Å². The van der Waals surface area contributed by atoms with E-state index in [0.717, 1.165) is 17.7 Å². The average molecular weight is 269 g/mol. The lowest BCUT2D eigenvalue weighted by molar-refractivity contribution is -0.122. The maximum atomic E-state index is 11.9. The molecule has 0 aliphatic rings. The number of carbonyl (C=O) groups is 1. The second kappa shape index (κ2) is 7.54. The van der Waals surface area contributed by atoms with Crippen molar-refractivity contribution in [3.05, 3.63) is 22.4 Å². The molecule has 2 N–H and O–H groups in total. The first kappa shape index (κ1) is 15.2. The summed E-state index contributed by atoms with van der Waals surface area (Å²) in [6, 6.07) is 3.91. The van der Waals surface area contributed by atoms with E-state index in [1.165, 1.54) is 0 Å². The summed E-state index contributed by atoms with van der Waals surface area (Å²) in [6.07, 6.45) is 1.43. The fourth-order valence-corrected chi connectivity index (χ4v) is 2.81. The molecule has 0 fully saturated rings. The molecule has 0 aliphatic carbocycles. The van der Waals surface area contributed by atoms with E-state index in [4.69, 9.17) is 0 Å². The second-order valence-corrected chi connectivity index (χ2v) is 5.61. The van der Waals surface area contributed by atoms with Crippen LogP contribution in [-0.2, 0) is 4.79 Å². The van der Waals surface area contributed by atoms with Crippen molar-refractivity contribution in [1.29, 1.82) is 0 Å². The maximum Gasteiger partial charge on any atom is 0.228 e. The van der Waals surface area contributed by atoms with Gasteiger partial charge in [0.2, 0.25) is 5.91 Å². The van der Waals surface area contributed by atoms with Crippen LogP contribution in [0.3, 0.4) is 0 Å². The lowest BCUT2D eigenvalue weighted by Gasteiger charge is -2.21. The van der Waals surface area contributed by atoms with Gasteiger partial charge in [0, 0.05) is 11.4 Å². The Balaban J connectivity index is 2.41. The van der Waals surface area contributed by atoms with Crippen LogP contribution in [-0.4, -0.2) is 23.7 Å². The molecule has 0 aliphatic heterocycles. The van der Waals surface area contributed by atoms with Gasteiger partial charge in [-0.05, 0) is 24.3 Å². The van der Waals surface area contributed by atoms with Gasteiger partial charge in [0.05, 0.1) is 12.0 Å². The van der Waals surface area contributed by atoms with Gasteiger partial charge in [0.25, 0.3) is 0 Å². The molecule has 1 heterocycles. The average Bonchev–Trinajstić information content (AvgIpc) is 2.90. The van der Waals surface area contributed by atoms with E-state index in [9.17, 15) is 9.90 Å². The topological polar surface area (TPSA) is 49.3 Å². The van der Waals surface area contributed by atoms with Crippen LogP contribution in [0.1, 0.15) is 44.4 Å². The number of nitrogens with one attached hydrogen (secondary N) is 1. The minimum Gasteiger partial charge on any atom is -0.391 e. The number of rotatable bonds is 7. The third kappa shape index (κ3) is 4.10. The molecule has 0 saturated heterocycles. The van der Waals surface area contributed by atoms with Gasteiger partial charge in [0.1, 0.15) is 0 Å². The molecule has 0 spiro atoms. The van der Waals surface area contributed by atoms with Gasteiger partial charge in [-0.3, -0.25) is 4.79 Å². The molecular formula is C14H23NO2S. The van der Waals surface area contributed by atoms with E-state index in [-0.39, 0.29) is 17.7 Å². The third-order valence-electron chi connectivity index (χ3n) is 3.44. The van der Waals surface area contributed by atoms with E-state index in [1.54, 1.807) is 11.3 Å². The Morgan fingerprint density at radius 2 is 2.11 bits per heavy atom. The van der Waals surface area contributed by atoms with E-state index in [2.05, 4.69) is 19.2 Å². The molecule has 2 unspecified atom stereocenters. The van der Waals surface area contributed by atoms with Crippen molar-refractivity contribution in [3.8, 4) is 0 Å². The maximum absolute atomic E-state index is 11.9. The zero-order chi connectivity index (χ0) is 13.5. The van der Waals surface area contributed by atoms with Gasteiger partial charge >= 0.3 is 0 Å². The highest BCUT2D eigenvalue weighted by molar-refractivity contribution is 7.10. The number of hydrogen-bond donors (Lipinski definition) is 2. The lowest BCUT2D eigenvalue weighted by Crippen LogP contribution is -2.37. The zero-order valence-electron chi connectivity index (χ0n) is 11.3. The number of aliphatic hydroxyl groups is 1. The van der Waals surface area contributed by atoms with Crippen LogP contribution in [0, 0.1) is 5.92 Å². The van der Waals surface area contributed by atoms with Gasteiger partial charge in [-0.1, -0.05) is 32.8 Å². The van der Waals surface area contributed by atoms with E-state index in [1.807, 2.05) is 24.4 Å². The van der Waals surface area contributed by atoms with Crippen molar-refractivity contribution in [1.82, 2.24) is 5.32 Å². The smallest absolute Gasteiger partial charge is 0.228 e. The molecule has 0 bridgehead atoms. The molecule has 1 amide bonds. The van der Waals surface area contributed by atoms with Crippen molar-refractivity contribution in [2.45, 2.75) is 45.6 Å². The van der Waals surface area contributed by atoms with Crippen LogP contribution in [0.5, 0.6) is 0 Å². The summed E-state index contributed by atoms with van der Waals surface area (Å²) in [5.74, 6) is 0.115. The summed E-state index contributed by atoms with van der Waals surface area (Å²) in [4.78, 5) is 13.0. The van der Waals surface area contributed by atoms with Gasteiger partial charge in [-0.2, -0.15) is 0 Å². The zero-order valence-corrected chi connectivity index (χ0v) is 12.2. The monoisotopic (exact) mass is 269 g/mol. The fourth-order valence-electron chi connectivity index (χ4n) is 2.02. The van der Waals surface area contributed by atoms with E-state index in [0.29, 0.717) is 6.54 Å². The molecule has 4 heteroatoms. The molecule has 0 saturated carbocycles. The second-order valence-electron chi connectivity index (χ2n) is 4.63. The van der Waals surface area contributed by atoms with Crippen molar-refractivity contribution < 1.29 is 9.90 Å². The largest absolute Gasteiger partial charge is 0.391 e. The molecular weight excluding hydrogens is 246 g/mol. The number of aliphatic hydroxyl groups excluding tert-OH is 1. The molecule has 0 radical (unpaired) electrons. The molecule has 0 aromatic carbocycles. The SMILES string of the molecule is CCC(CC)C(O)CNC(=O)C(C)c1cccs1. The standard InChI is InChI=1S/C14H23NO2S/c1-4-11(5-2)12(16)9-15-14(17)10(3)13-7-6-8-18-13/h6-8,10-12,16H,4-5,9H2,1-3H3,(H,15,17). The number of amides is 1. The first-order valence-corrected chi connectivity index (χ1v) is 7.47. The Hall–Kier alpha value is -0.870. The third-order valence-corrected chi connectivity index (χ3v) is 4.50. The Kier molecular flexibility index (Phi) is 6.36. The summed E-state index contributed by atoms with van der Waals surface area (Å²) in [7, 11) is 0.